The average Bonchev–Trinajstić information content (AvgIpc) is 2.27. The number of carbonyl (C=O) groups is 1. The molecule has 0 aliphatic heterocycles. The maximum atomic E-state index is 11.6. The van der Waals surface area contributed by atoms with Gasteiger partial charge in [-0.05, 0) is 19.1 Å². The lowest BCUT2D eigenvalue weighted by atomic mass is 10.4. The first kappa shape index (κ1) is 13.1. The Balaban J connectivity index is 2.71. The summed E-state index contributed by atoms with van der Waals surface area (Å²) in [4.78, 5) is 12.8. The predicted octanol–water partition coefficient (Wildman–Crippen LogP) is 0.779. The molecule has 0 bridgehead atoms. The minimum absolute atomic E-state index is 0.0949. The third-order valence-electron chi connectivity index (χ3n) is 1.72. The Hall–Kier alpha value is -0.920. The molecule has 0 radical (unpaired) electrons. The smallest absolute Gasteiger partial charge is 0.257 e. The van der Waals surface area contributed by atoms with Gasteiger partial charge >= 0.3 is 0 Å². The lowest BCUT2D eigenvalue weighted by Crippen LogP contribution is -2.44. The summed E-state index contributed by atoms with van der Waals surface area (Å²) >= 11 is 3.02. The van der Waals surface area contributed by atoms with Crippen LogP contribution in [0.4, 0.5) is 0 Å². The summed E-state index contributed by atoms with van der Waals surface area (Å²) in [6.07, 6.45) is 0. The van der Waals surface area contributed by atoms with Gasteiger partial charge in [-0.1, -0.05) is 34.1 Å². The van der Waals surface area contributed by atoms with Crippen LogP contribution in [0.25, 0.3) is 0 Å². The van der Waals surface area contributed by atoms with Gasteiger partial charge in [0, 0.05) is 0 Å². The van der Waals surface area contributed by atoms with Crippen LogP contribution in [0, 0.1) is 0 Å². The molecule has 2 N–H and O–H groups in total. The standard InChI is InChI=1S/C9H11BrN2O3S/c1-7(10)9(13)11-12-16(14,15)8-5-3-2-4-6-8/h2-7,12H,1H3,(H,11,13)/t7-/m1/s1. The summed E-state index contributed by atoms with van der Waals surface area (Å²) < 4.78 is 23.2. The second kappa shape index (κ2) is 5.42. The Morgan fingerprint density at radius 2 is 1.88 bits per heavy atom. The quantitative estimate of drug-likeness (QED) is 0.637. The maximum Gasteiger partial charge on any atom is 0.257 e. The molecule has 88 valence electrons. The van der Waals surface area contributed by atoms with E-state index >= 15 is 0 Å². The Morgan fingerprint density at radius 3 is 2.38 bits per heavy atom. The van der Waals surface area contributed by atoms with Gasteiger partial charge in [-0.15, -0.1) is 4.83 Å². The van der Waals surface area contributed by atoms with E-state index in [-0.39, 0.29) is 4.90 Å². The van der Waals surface area contributed by atoms with Gasteiger partial charge < -0.3 is 0 Å². The number of halogens is 1. The highest BCUT2D eigenvalue weighted by molar-refractivity contribution is 9.10. The number of nitrogens with one attached hydrogen (secondary N) is 2. The van der Waals surface area contributed by atoms with Crippen LogP contribution in [0.5, 0.6) is 0 Å². The SMILES string of the molecule is C[C@@H](Br)C(=O)NNS(=O)(=O)c1ccccc1. The van der Waals surface area contributed by atoms with E-state index in [2.05, 4.69) is 21.4 Å². The summed E-state index contributed by atoms with van der Waals surface area (Å²) in [5.41, 5.74) is 2.10. The van der Waals surface area contributed by atoms with Crippen LogP contribution in [-0.4, -0.2) is 19.2 Å². The Labute approximate surface area is 102 Å². The molecule has 0 spiro atoms. The van der Waals surface area contributed by atoms with E-state index in [1.54, 1.807) is 25.1 Å². The largest absolute Gasteiger partial charge is 0.277 e. The van der Waals surface area contributed by atoms with Crippen molar-refractivity contribution in [2.45, 2.75) is 16.6 Å². The van der Waals surface area contributed by atoms with Gasteiger partial charge in [0.1, 0.15) is 0 Å². The zero-order chi connectivity index (χ0) is 12.2. The van der Waals surface area contributed by atoms with Crippen molar-refractivity contribution in [1.82, 2.24) is 10.3 Å². The molecule has 0 aliphatic carbocycles. The number of benzene rings is 1. The van der Waals surface area contributed by atoms with Crippen molar-refractivity contribution in [3.05, 3.63) is 30.3 Å². The third-order valence-corrected chi connectivity index (χ3v) is 3.40. The molecule has 0 heterocycles. The third kappa shape index (κ3) is 3.58. The molecule has 1 atom stereocenters. The van der Waals surface area contributed by atoms with Crippen LogP contribution >= 0.6 is 15.9 Å². The van der Waals surface area contributed by atoms with Crippen LogP contribution in [0.15, 0.2) is 35.2 Å². The topological polar surface area (TPSA) is 75.3 Å². The van der Waals surface area contributed by atoms with E-state index < -0.39 is 20.8 Å². The van der Waals surface area contributed by atoms with Gasteiger partial charge in [0.2, 0.25) is 5.91 Å². The summed E-state index contributed by atoms with van der Waals surface area (Å²) in [5, 5.41) is 0. The molecule has 1 rings (SSSR count). The fourth-order valence-corrected chi connectivity index (χ4v) is 1.86. The van der Waals surface area contributed by atoms with Crippen LogP contribution < -0.4 is 10.3 Å². The second-order valence-corrected chi connectivity index (χ2v) is 6.08. The lowest BCUT2D eigenvalue weighted by Gasteiger charge is -2.09. The first-order chi connectivity index (χ1) is 7.43. The summed E-state index contributed by atoms with van der Waals surface area (Å²) in [6.45, 7) is 1.59. The van der Waals surface area contributed by atoms with Crippen molar-refractivity contribution in [3.8, 4) is 0 Å². The molecule has 0 aromatic heterocycles. The van der Waals surface area contributed by atoms with Gasteiger partial charge in [-0.2, -0.15) is 0 Å². The summed E-state index contributed by atoms with van der Waals surface area (Å²) in [6, 6.07) is 7.78. The first-order valence-corrected chi connectivity index (χ1v) is 6.84. The van der Waals surface area contributed by atoms with Crippen LogP contribution in [0.2, 0.25) is 0 Å². The number of amides is 1. The van der Waals surface area contributed by atoms with Crippen molar-refractivity contribution >= 4 is 31.9 Å². The fourth-order valence-electron chi connectivity index (χ4n) is 0.875. The highest BCUT2D eigenvalue weighted by Crippen LogP contribution is 2.06. The number of hydrazine groups is 1. The Morgan fingerprint density at radius 1 is 1.31 bits per heavy atom. The minimum atomic E-state index is -3.69. The van der Waals surface area contributed by atoms with Crippen molar-refractivity contribution in [3.63, 3.8) is 0 Å². The van der Waals surface area contributed by atoms with Crippen molar-refractivity contribution in [2.75, 3.05) is 0 Å². The van der Waals surface area contributed by atoms with Crippen molar-refractivity contribution in [1.29, 1.82) is 0 Å². The number of alkyl halides is 1. The molecule has 0 saturated carbocycles. The van der Waals surface area contributed by atoms with Gasteiger partial charge in [0.05, 0.1) is 9.72 Å². The molecule has 5 nitrogen and oxygen atoms in total. The number of hydrogen-bond donors (Lipinski definition) is 2. The van der Waals surface area contributed by atoms with E-state index in [1.807, 2.05) is 4.83 Å². The zero-order valence-corrected chi connectivity index (χ0v) is 10.9. The Kier molecular flexibility index (Phi) is 4.45. The monoisotopic (exact) mass is 306 g/mol. The van der Waals surface area contributed by atoms with E-state index in [9.17, 15) is 13.2 Å². The first-order valence-electron chi connectivity index (χ1n) is 4.44. The molecular weight excluding hydrogens is 296 g/mol. The molecule has 0 saturated heterocycles. The van der Waals surface area contributed by atoms with Gasteiger partial charge in [-0.25, -0.2) is 8.42 Å². The van der Waals surface area contributed by atoms with Crippen molar-refractivity contribution < 1.29 is 13.2 Å². The predicted molar refractivity (Wildman–Crippen MR) is 63.3 cm³/mol. The average molecular weight is 307 g/mol. The molecule has 16 heavy (non-hydrogen) atoms. The highest BCUT2D eigenvalue weighted by Gasteiger charge is 2.15. The maximum absolute atomic E-state index is 11.6. The van der Waals surface area contributed by atoms with Crippen LogP contribution in [0.3, 0.4) is 0 Å². The molecule has 1 aromatic carbocycles. The molecular formula is C9H11BrN2O3S. The van der Waals surface area contributed by atoms with Gasteiger partial charge in [0.25, 0.3) is 10.0 Å². The Bertz CT molecular complexity index is 459. The number of hydrogen-bond acceptors (Lipinski definition) is 3. The van der Waals surface area contributed by atoms with E-state index in [1.165, 1.54) is 12.1 Å². The molecule has 0 fully saturated rings. The van der Waals surface area contributed by atoms with E-state index in [4.69, 9.17) is 0 Å². The number of sulfonamides is 1. The van der Waals surface area contributed by atoms with Gasteiger partial charge in [0.15, 0.2) is 0 Å². The lowest BCUT2D eigenvalue weighted by molar-refractivity contribution is -0.120. The number of rotatable bonds is 4. The summed E-state index contributed by atoms with van der Waals surface area (Å²) in [5.74, 6) is -0.459. The number of carbonyl (C=O) groups excluding carboxylic acids is 1. The normalized spacial score (nSPS) is 13.1. The van der Waals surface area contributed by atoms with Crippen LogP contribution in [-0.2, 0) is 14.8 Å². The molecule has 1 amide bonds. The minimum Gasteiger partial charge on any atom is -0.277 e. The summed E-state index contributed by atoms with van der Waals surface area (Å²) in [7, 11) is -3.69. The van der Waals surface area contributed by atoms with Gasteiger partial charge in [-0.3, -0.25) is 10.2 Å². The zero-order valence-electron chi connectivity index (χ0n) is 8.48. The van der Waals surface area contributed by atoms with E-state index in [0.717, 1.165) is 0 Å². The fraction of sp³-hybridized carbons (Fsp3) is 0.222. The molecule has 7 heteroatoms. The van der Waals surface area contributed by atoms with Crippen molar-refractivity contribution in [2.24, 2.45) is 0 Å². The second-order valence-electron chi connectivity index (χ2n) is 3.02. The van der Waals surface area contributed by atoms with Crippen LogP contribution in [0.1, 0.15) is 6.92 Å². The van der Waals surface area contributed by atoms with E-state index in [0.29, 0.717) is 0 Å². The molecule has 0 aliphatic rings. The molecule has 1 aromatic rings. The molecule has 0 unspecified atom stereocenters. The highest BCUT2D eigenvalue weighted by atomic mass is 79.9.